The SMILES string of the molecule is CCN(C(=O)c1ccc(C#N)cc1)c1cccc(C(=O)OC)c1OC. The van der Waals surface area contributed by atoms with Gasteiger partial charge in [-0.1, -0.05) is 6.07 Å². The van der Waals surface area contributed by atoms with Crippen LogP contribution in [-0.4, -0.2) is 32.6 Å². The van der Waals surface area contributed by atoms with E-state index in [2.05, 4.69) is 0 Å². The second-order valence-corrected chi connectivity index (χ2v) is 5.09. The van der Waals surface area contributed by atoms with Gasteiger partial charge in [-0.25, -0.2) is 4.79 Å². The molecule has 0 unspecified atom stereocenters. The molecule has 0 aliphatic carbocycles. The van der Waals surface area contributed by atoms with Crippen LogP contribution in [0.15, 0.2) is 42.5 Å². The van der Waals surface area contributed by atoms with Gasteiger partial charge in [0.1, 0.15) is 5.56 Å². The van der Waals surface area contributed by atoms with E-state index in [1.165, 1.54) is 19.1 Å². The first-order valence-electron chi connectivity index (χ1n) is 7.64. The summed E-state index contributed by atoms with van der Waals surface area (Å²) in [6.07, 6.45) is 0. The third-order valence-electron chi connectivity index (χ3n) is 3.72. The number of hydrogen-bond donors (Lipinski definition) is 0. The normalized spacial score (nSPS) is 9.84. The number of ether oxygens (including phenoxy) is 2. The molecule has 2 rings (SSSR count). The summed E-state index contributed by atoms with van der Waals surface area (Å²) in [5, 5.41) is 8.87. The standard InChI is InChI=1S/C19H18N2O4/c1-4-21(18(22)14-10-8-13(12-20)9-11-14)16-7-5-6-15(17(16)24-2)19(23)25-3/h5-11H,4H2,1-3H3. The van der Waals surface area contributed by atoms with Gasteiger partial charge in [0.25, 0.3) is 5.91 Å². The zero-order valence-electron chi connectivity index (χ0n) is 14.3. The van der Waals surface area contributed by atoms with E-state index >= 15 is 0 Å². The van der Waals surface area contributed by atoms with E-state index in [0.29, 0.717) is 23.4 Å². The highest BCUT2D eigenvalue weighted by atomic mass is 16.5. The Morgan fingerprint density at radius 2 is 1.80 bits per heavy atom. The quantitative estimate of drug-likeness (QED) is 0.783. The van der Waals surface area contributed by atoms with Crippen LogP contribution in [0.2, 0.25) is 0 Å². The Bertz CT molecular complexity index is 822. The maximum Gasteiger partial charge on any atom is 0.341 e. The zero-order valence-corrected chi connectivity index (χ0v) is 14.3. The van der Waals surface area contributed by atoms with Crippen LogP contribution in [0.4, 0.5) is 5.69 Å². The first kappa shape index (κ1) is 18.0. The van der Waals surface area contributed by atoms with Crippen LogP contribution in [-0.2, 0) is 4.74 Å². The van der Waals surface area contributed by atoms with Crippen molar-refractivity contribution in [3.8, 4) is 11.8 Å². The van der Waals surface area contributed by atoms with Crippen molar-refractivity contribution in [3.63, 3.8) is 0 Å². The number of para-hydroxylation sites is 1. The fraction of sp³-hybridized carbons (Fsp3) is 0.211. The molecule has 1 amide bonds. The Morgan fingerprint density at radius 3 is 2.32 bits per heavy atom. The number of carbonyl (C=O) groups excluding carboxylic acids is 2. The Labute approximate surface area is 146 Å². The van der Waals surface area contributed by atoms with Crippen molar-refractivity contribution in [1.82, 2.24) is 0 Å². The summed E-state index contributed by atoms with van der Waals surface area (Å²) in [7, 11) is 2.72. The molecule has 0 heterocycles. The number of benzene rings is 2. The molecule has 0 atom stereocenters. The molecule has 0 aromatic heterocycles. The Hall–Kier alpha value is -3.33. The van der Waals surface area contributed by atoms with Gasteiger partial charge in [-0.2, -0.15) is 5.26 Å². The number of rotatable bonds is 5. The molecule has 2 aromatic rings. The van der Waals surface area contributed by atoms with Crippen LogP contribution in [0.1, 0.15) is 33.2 Å². The van der Waals surface area contributed by atoms with Gasteiger partial charge in [-0.05, 0) is 43.3 Å². The summed E-state index contributed by atoms with van der Waals surface area (Å²) < 4.78 is 10.1. The fourth-order valence-electron chi connectivity index (χ4n) is 2.49. The maximum atomic E-state index is 12.9. The second kappa shape index (κ2) is 7.97. The number of carbonyl (C=O) groups is 2. The average molecular weight is 338 g/mol. The lowest BCUT2D eigenvalue weighted by Gasteiger charge is -2.24. The van der Waals surface area contributed by atoms with Crippen molar-refractivity contribution in [1.29, 1.82) is 5.26 Å². The monoisotopic (exact) mass is 338 g/mol. The first-order chi connectivity index (χ1) is 12.1. The van der Waals surface area contributed by atoms with Gasteiger partial charge in [0, 0.05) is 12.1 Å². The van der Waals surface area contributed by atoms with Crippen molar-refractivity contribution in [2.75, 3.05) is 25.7 Å². The summed E-state index contributed by atoms with van der Waals surface area (Å²) in [6.45, 7) is 2.20. The number of nitrogens with zero attached hydrogens (tertiary/aromatic N) is 2. The summed E-state index contributed by atoms with van der Waals surface area (Å²) >= 11 is 0. The van der Waals surface area contributed by atoms with Crippen molar-refractivity contribution < 1.29 is 19.1 Å². The summed E-state index contributed by atoms with van der Waals surface area (Å²) in [5.41, 5.74) is 1.63. The van der Waals surface area contributed by atoms with E-state index in [-0.39, 0.29) is 17.2 Å². The molecule has 0 saturated heterocycles. The van der Waals surface area contributed by atoms with Crippen molar-refractivity contribution in [3.05, 3.63) is 59.2 Å². The van der Waals surface area contributed by atoms with E-state index in [0.717, 1.165) is 0 Å². The molecule has 0 aliphatic rings. The minimum Gasteiger partial charge on any atom is -0.494 e. The number of esters is 1. The highest BCUT2D eigenvalue weighted by Gasteiger charge is 2.23. The van der Waals surface area contributed by atoms with Crippen LogP contribution < -0.4 is 9.64 Å². The lowest BCUT2D eigenvalue weighted by Crippen LogP contribution is -2.31. The molecule has 0 spiro atoms. The van der Waals surface area contributed by atoms with Gasteiger partial charge < -0.3 is 14.4 Å². The number of nitriles is 1. The molecule has 0 radical (unpaired) electrons. The molecule has 0 aliphatic heterocycles. The smallest absolute Gasteiger partial charge is 0.341 e. The minimum absolute atomic E-state index is 0.244. The van der Waals surface area contributed by atoms with Crippen molar-refractivity contribution in [2.24, 2.45) is 0 Å². The number of hydrogen-bond acceptors (Lipinski definition) is 5. The highest BCUT2D eigenvalue weighted by molar-refractivity contribution is 6.08. The van der Waals surface area contributed by atoms with Crippen molar-refractivity contribution >= 4 is 17.6 Å². The fourth-order valence-corrected chi connectivity index (χ4v) is 2.49. The predicted molar refractivity (Wildman–Crippen MR) is 92.8 cm³/mol. The third kappa shape index (κ3) is 3.61. The van der Waals surface area contributed by atoms with Gasteiger partial charge in [-0.15, -0.1) is 0 Å². The molecule has 128 valence electrons. The lowest BCUT2D eigenvalue weighted by atomic mass is 10.1. The largest absolute Gasteiger partial charge is 0.494 e. The molecule has 6 heteroatoms. The third-order valence-corrected chi connectivity index (χ3v) is 3.72. The van der Waals surface area contributed by atoms with Crippen molar-refractivity contribution in [2.45, 2.75) is 6.92 Å². The minimum atomic E-state index is -0.541. The molecule has 6 nitrogen and oxygen atoms in total. The molecule has 0 fully saturated rings. The van der Waals surface area contributed by atoms with Crippen LogP contribution in [0.25, 0.3) is 0 Å². The zero-order chi connectivity index (χ0) is 18.4. The molecule has 0 saturated carbocycles. The van der Waals surface area contributed by atoms with Gasteiger partial charge >= 0.3 is 5.97 Å². The second-order valence-electron chi connectivity index (χ2n) is 5.09. The molecular formula is C19H18N2O4. The van der Waals surface area contributed by atoms with E-state index < -0.39 is 5.97 Å². The van der Waals surface area contributed by atoms with Gasteiger partial charge in [0.2, 0.25) is 0 Å². The van der Waals surface area contributed by atoms with Gasteiger partial charge in [-0.3, -0.25) is 4.79 Å². The van der Waals surface area contributed by atoms with E-state index in [1.807, 2.05) is 13.0 Å². The van der Waals surface area contributed by atoms with E-state index in [9.17, 15) is 9.59 Å². The van der Waals surface area contributed by atoms with Gasteiger partial charge in [0.15, 0.2) is 5.75 Å². The van der Waals surface area contributed by atoms with Crippen LogP contribution in [0.3, 0.4) is 0 Å². The van der Waals surface area contributed by atoms with Gasteiger partial charge in [0.05, 0.1) is 31.5 Å². The highest BCUT2D eigenvalue weighted by Crippen LogP contribution is 2.33. The number of anilines is 1. The van der Waals surface area contributed by atoms with Crippen LogP contribution >= 0.6 is 0 Å². The summed E-state index contributed by atoms with van der Waals surface area (Å²) in [5.74, 6) is -0.522. The maximum absolute atomic E-state index is 12.9. The Kier molecular flexibility index (Phi) is 5.75. The topological polar surface area (TPSA) is 79.6 Å². The summed E-state index contributed by atoms with van der Waals surface area (Å²) in [4.78, 5) is 26.3. The summed E-state index contributed by atoms with van der Waals surface area (Å²) in [6, 6.07) is 13.3. The molecule has 2 aromatic carbocycles. The van der Waals surface area contributed by atoms with E-state index in [1.54, 1.807) is 42.5 Å². The Morgan fingerprint density at radius 1 is 1.12 bits per heavy atom. The molecule has 0 bridgehead atoms. The first-order valence-corrected chi connectivity index (χ1v) is 7.64. The van der Waals surface area contributed by atoms with Crippen LogP contribution in [0.5, 0.6) is 5.75 Å². The molecular weight excluding hydrogens is 320 g/mol. The molecule has 25 heavy (non-hydrogen) atoms. The lowest BCUT2D eigenvalue weighted by molar-refractivity contribution is 0.0596. The molecule has 0 N–H and O–H groups in total. The Balaban J connectivity index is 2.48. The van der Waals surface area contributed by atoms with Crippen LogP contribution in [0, 0.1) is 11.3 Å². The average Bonchev–Trinajstić information content (AvgIpc) is 2.67. The van der Waals surface area contributed by atoms with E-state index in [4.69, 9.17) is 14.7 Å². The predicted octanol–water partition coefficient (Wildman–Crippen LogP) is 3.02. The number of methoxy groups -OCH3 is 2. The number of amides is 1.